The lowest BCUT2D eigenvalue weighted by Crippen LogP contribution is -2.26. The van der Waals surface area contributed by atoms with Gasteiger partial charge in [-0.15, -0.1) is 0 Å². The summed E-state index contributed by atoms with van der Waals surface area (Å²) in [6.07, 6.45) is 7.95. The number of nitrogens with zero attached hydrogens (tertiary/aromatic N) is 2. The average Bonchev–Trinajstić information content (AvgIpc) is 3.16. The fraction of sp³-hybridized carbons (Fsp3) is 0.500. The SMILES string of the molecule is COC(=O)C(C)(C)CCCOc1ccc(OCCCn2ccnc2)cc1. The van der Waals surface area contributed by atoms with Crippen LogP contribution in [0.25, 0.3) is 0 Å². The maximum atomic E-state index is 11.6. The van der Waals surface area contributed by atoms with Crippen molar-refractivity contribution in [3.05, 3.63) is 43.0 Å². The largest absolute Gasteiger partial charge is 0.494 e. The van der Waals surface area contributed by atoms with Crippen LogP contribution in [-0.4, -0.2) is 35.8 Å². The maximum absolute atomic E-state index is 11.6. The molecule has 6 nitrogen and oxygen atoms in total. The van der Waals surface area contributed by atoms with Crippen molar-refractivity contribution in [2.45, 2.75) is 39.7 Å². The number of ether oxygens (including phenoxy) is 3. The molecule has 0 radical (unpaired) electrons. The van der Waals surface area contributed by atoms with Crippen LogP contribution in [0.15, 0.2) is 43.0 Å². The Bertz CT molecular complexity index is 651. The number of carbonyl (C=O) groups excluding carboxylic acids is 1. The Labute approximate surface area is 155 Å². The molecule has 0 aliphatic heterocycles. The molecule has 0 saturated heterocycles. The summed E-state index contributed by atoms with van der Waals surface area (Å²) in [5.41, 5.74) is -0.480. The standard InChI is InChI=1S/C20H28N2O4/c1-20(2,19(23)24-3)10-4-14-25-17-6-8-18(9-7-17)26-15-5-12-22-13-11-21-16-22/h6-9,11,13,16H,4-5,10,12,14-15H2,1-3H3. The Morgan fingerprint density at radius 1 is 1.08 bits per heavy atom. The number of methoxy groups -OCH3 is 1. The van der Waals surface area contributed by atoms with Crippen molar-refractivity contribution in [3.63, 3.8) is 0 Å². The third kappa shape index (κ3) is 6.43. The highest BCUT2D eigenvalue weighted by Gasteiger charge is 2.27. The summed E-state index contributed by atoms with van der Waals surface area (Å²) in [6.45, 7) is 5.88. The molecular weight excluding hydrogens is 332 g/mol. The fourth-order valence-electron chi connectivity index (χ4n) is 2.57. The summed E-state index contributed by atoms with van der Waals surface area (Å²) in [5, 5.41) is 0. The lowest BCUT2D eigenvalue weighted by atomic mass is 9.88. The zero-order valence-corrected chi connectivity index (χ0v) is 15.8. The topological polar surface area (TPSA) is 62.6 Å². The van der Waals surface area contributed by atoms with Crippen molar-refractivity contribution >= 4 is 5.97 Å². The molecule has 1 aromatic heterocycles. The molecule has 0 spiro atoms. The van der Waals surface area contributed by atoms with Crippen LogP contribution in [0.4, 0.5) is 0 Å². The van der Waals surface area contributed by atoms with Crippen LogP contribution >= 0.6 is 0 Å². The van der Waals surface area contributed by atoms with Gasteiger partial charge in [0.1, 0.15) is 11.5 Å². The minimum atomic E-state index is -0.480. The minimum Gasteiger partial charge on any atom is -0.494 e. The smallest absolute Gasteiger partial charge is 0.311 e. The summed E-state index contributed by atoms with van der Waals surface area (Å²) < 4.78 is 18.3. The first kappa shape index (κ1) is 19.8. The third-order valence-corrected chi connectivity index (χ3v) is 4.17. The second-order valence-corrected chi connectivity index (χ2v) is 6.80. The molecule has 1 heterocycles. The number of esters is 1. The molecule has 142 valence electrons. The van der Waals surface area contributed by atoms with Crippen molar-refractivity contribution in [1.29, 1.82) is 0 Å². The van der Waals surface area contributed by atoms with Gasteiger partial charge in [0.25, 0.3) is 0 Å². The van der Waals surface area contributed by atoms with E-state index < -0.39 is 5.41 Å². The molecule has 2 rings (SSSR count). The minimum absolute atomic E-state index is 0.188. The second-order valence-electron chi connectivity index (χ2n) is 6.80. The molecule has 26 heavy (non-hydrogen) atoms. The lowest BCUT2D eigenvalue weighted by molar-refractivity contribution is -0.151. The van der Waals surface area contributed by atoms with Gasteiger partial charge in [-0.2, -0.15) is 0 Å². The van der Waals surface area contributed by atoms with E-state index in [1.807, 2.05) is 48.9 Å². The quantitative estimate of drug-likeness (QED) is 0.451. The molecule has 0 bridgehead atoms. The number of rotatable bonds is 11. The van der Waals surface area contributed by atoms with E-state index in [1.54, 1.807) is 12.5 Å². The van der Waals surface area contributed by atoms with Gasteiger partial charge < -0.3 is 18.8 Å². The van der Waals surface area contributed by atoms with E-state index in [4.69, 9.17) is 14.2 Å². The zero-order valence-electron chi connectivity index (χ0n) is 15.8. The number of hydrogen-bond donors (Lipinski definition) is 0. The van der Waals surface area contributed by atoms with Gasteiger partial charge in [0, 0.05) is 18.9 Å². The van der Waals surface area contributed by atoms with Crippen molar-refractivity contribution < 1.29 is 19.0 Å². The Morgan fingerprint density at radius 3 is 2.23 bits per heavy atom. The van der Waals surface area contributed by atoms with E-state index in [0.29, 0.717) is 13.2 Å². The molecule has 0 N–H and O–H groups in total. The predicted octanol–water partition coefficient (Wildman–Crippen LogP) is 3.71. The van der Waals surface area contributed by atoms with E-state index in [2.05, 4.69) is 4.98 Å². The molecule has 1 aromatic carbocycles. The van der Waals surface area contributed by atoms with Gasteiger partial charge in [0.05, 0.1) is 32.1 Å². The van der Waals surface area contributed by atoms with Crippen LogP contribution in [0.1, 0.15) is 33.1 Å². The number of aromatic nitrogens is 2. The molecule has 6 heteroatoms. The molecule has 0 fully saturated rings. The Morgan fingerprint density at radius 2 is 1.69 bits per heavy atom. The first-order valence-electron chi connectivity index (χ1n) is 8.91. The first-order chi connectivity index (χ1) is 12.5. The second kappa shape index (κ2) is 9.85. The lowest BCUT2D eigenvalue weighted by Gasteiger charge is -2.21. The molecule has 0 atom stereocenters. The Hall–Kier alpha value is -2.50. The van der Waals surface area contributed by atoms with E-state index in [9.17, 15) is 4.79 Å². The number of carbonyl (C=O) groups is 1. The van der Waals surface area contributed by atoms with Crippen LogP contribution in [0.5, 0.6) is 11.5 Å². The van der Waals surface area contributed by atoms with Gasteiger partial charge in [-0.3, -0.25) is 4.79 Å². The van der Waals surface area contributed by atoms with E-state index in [0.717, 1.165) is 37.3 Å². The number of imidazole rings is 1. The predicted molar refractivity (Wildman–Crippen MR) is 99.3 cm³/mol. The fourth-order valence-corrected chi connectivity index (χ4v) is 2.57. The summed E-state index contributed by atoms with van der Waals surface area (Å²) in [5.74, 6) is 1.44. The van der Waals surface area contributed by atoms with Gasteiger partial charge in [-0.25, -0.2) is 4.98 Å². The van der Waals surface area contributed by atoms with Crippen molar-refractivity contribution in [1.82, 2.24) is 9.55 Å². The summed E-state index contributed by atoms with van der Waals surface area (Å²) in [6, 6.07) is 7.61. The van der Waals surface area contributed by atoms with E-state index >= 15 is 0 Å². The highest BCUT2D eigenvalue weighted by Crippen LogP contribution is 2.24. The number of benzene rings is 1. The van der Waals surface area contributed by atoms with Crippen molar-refractivity contribution in [3.8, 4) is 11.5 Å². The molecule has 0 aliphatic rings. The maximum Gasteiger partial charge on any atom is 0.311 e. The Kier molecular flexibility index (Phi) is 7.51. The van der Waals surface area contributed by atoms with Gasteiger partial charge >= 0.3 is 5.97 Å². The monoisotopic (exact) mass is 360 g/mol. The first-order valence-corrected chi connectivity index (χ1v) is 8.91. The van der Waals surface area contributed by atoms with Crippen LogP contribution in [0.3, 0.4) is 0 Å². The number of hydrogen-bond acceptors (Lipinski definition) is 5. The molecule has 0 aliphatic carbocycles. The highest BCUT2D eigenvalue weighted by molar-refractivity contribution is 5.75. The zero-order chi connectivity index (χ0) is 18.8. The highest BCUT2D eigenvalue weighted by atomic mass is 16.5. The van der Waals surface area contributed by atoms with Crippen LogP contribution in [0.2, 0.25) is 0 Å². The molecule has 0 amide bonds. The Balaban J connectivity index is 1.63. The third-order valence-electron chi connectivity index (χ3n) is 4.17. The molecular formula is C20H28N2O4. The number of aryl methyl sites for hydroxylation is 1. The van der Waals surface area contributed by atoms with Crippen LogP contribution in [0, 0.1) is 5.41 Å². The van der Waals surface area contributed by atoms with Gasteiger partial charge in [0.2, 0.25) is 0 Å². The van der Waals surface area contributed by atoms with Gasteiger partial charge in [0.15, 0.2) is 0 Å². The molecule has 0 saturated carbocycles. The summed E-state index contributed by atoms with van der Waals surface area (Å²) >= 11 is 0. The molecule has 0 unspecified atom stereocenters. The average molecular weight is 360 g/mol. The van der Waals surface area contributed by atoms with Crippen molar-refractivity contribution in [2.24, 2.45) is 5.41 Å². The van der Waals surface area contributed by atoms with Gasteiger partial charge in [-0.05, 0) is 57.4 Å². The van der Waals surface area contributed by atoms with Crippen LogP contribution in [-0.2, 0) is 16.1 Å². The summed E-state index contributed by atoms with van der Waals surface area (Å²) in [7, 11) is 1.42. The van der Waals surface area contributed by atoms with E-state index in [-0.39, 0.29) is 5.97 Å². The van der Waals surface area contributed by atoms with E-state index in [1.165, 1.54) is 7.11 Å². The summed E-state index contributed by atoms with van der Waals surface area (Å²) in [4.78, 5) is 15.6. The normalized spacial score (nSPS) is 11.2. The van der Waals surface area contributed by atoms with Crippen molar-refractivity contribution in [2.75, 3.05) is 20.3 Å². The molecule has 2 aromatic rings. The van der Waals surface area contributed by atoms with Crippen LogP contribution < -0.4 is 9.47 Å². The van der Waals surface area contributed by atoms with Gasteiger partial charge in [-0.1, -0.05) is 0 Å².